The van der Waals surface area contributed by atoms with Crippen molar-refractivity contribution in [3.63, 3.8) is 0 Å². The summed E-state index contributed by atoms with van der Waals surface area (Å²) in [7, 11) is 3.62. The van der Waals surface area contributed by atoms with E-state index in [4.69, 9.17) is 0 Å². The maximum atomic E-state index is 12.2. The lowest BCUT2D eigenvalue weighted by atomic mass is 10.1. The fraction of sp³-hybridized carbons (Fsp3) is 0.692. The number of hydrogen-bond acceptors (Lipinski definition) is 4. The number of hydrogen-bond donors (Lipinski definition) is 1. The van der Waals surface area contributed by atoms with Gasteiger partial charge in [-0.2, -0.15) is 5.10 Å². The first-order valence-electron chi connectivity index (χ1n) is 6.79. The van der Waals surface area contributed by atoms with Crippen LogP contribution in [0.5, 0.6) is 0 Å². The van der Waals surface area contributed by atoms with Crippen LogP contribution in [0.25, 0.3) is 0 Å². The second-order valence-corrected chi connectivity index (χ2v) is 5.13. The van der Waals surface area contributed by atoms with Crippen LogP contribution >= 0.6 is 0 Å². The Morgan fingerprint density at radius 2 is 2.37 bits per heavy atom. The van der Waals surface area contributed by atoms with Crippen LogP contribution in [0.2, 0.25) is 0 Å². The Morgan fingerprint density at radius 3 is 3.00 bits per heavy atom. The summed E-state index contributed by atoms with van der Waals surface area (Å²) < 4.78 is 1.92. The van der Waals surface area contributed by atoms with Crippen molar-refractivity contribution in [3.05, 3.63) is 18.0 Å². The molecule has 1 N–H and O–H groups in total. The van der Waals surface area contributed by atoms with Crippen LogP contribution < -0.4 is 5.32 Å². The zero-order chi connectivity index (χ0) is 13.8. The number of nitrogens with zero attached hydrogens (tertiary/aromatic N) is 4. The molecular formula is C13H23N5O. The fourth-order valence-corrected chi connectivity index (χ4v) is 2.37. The molecule has 6 nitrogen and oxygen atoms in total. The van der Waals surface area contributed by atoms with Crippen molar-refractivity contribution in [2.45, 2.75) is 26.1 Å². The minimum atomic E-state index is -0.0753. The van der Waals surface area contributed by atoms with Crippen LogP contribution in [-0.4, -0.2) is 65.3 Å². The molecule has 1 unspecified atom stereocenters. The lowest BCUT2D eigenvalue weighted by molar-refractivity contribution is -0.135. The van der Waals surface area contributed by atoms with E-state index in [-0.39, 0.29) is 11.9 Å². The third-order valence-corrected chi connectivity index (χ3v) is 3.48. The fourth-order valence-electron chi connectivity index (χ4n) is 2.37. The Kier molecular flexibility index (Phi) is 4.55. The van der Waals surface area contributed by atoms with Gasteiger partial charge in [0.05, 0.1) is 6.20 Å². The number of rotatable bonds is 4. The van der Waals surface area contributed by atoms with Crippen molar-refractivity contribution in [1.29, 1.82) is 0 Å². The van der Waals surface area contributed by atoms with E-state index in [2.05, 4.69) is 28.4 Å². The first kappa shape index (κ1) is 14.0. The third kappa shape index (κ3) is 3.33. The SMILES string of the molecule is CCn1cc(CN2CCNCC2C(=O)N(C)C)cn1. The van der Waals surface area contributed by atoms with Gasteiger partial charge in [0.15, 0.2) is 0 Å². The van der Waals surface area contributed by atoms with Gasteiger partial charge < -0.3 is 10.2 Å². The number of aryl methyl sites for hydroxylation is 1. The van der Waals surface area contributed by atoms with Crippen molar-refractivity contribution in [1.82, 2.24) is 24.9 Å². The standard InChI is InChI=1S/C13H23N5O/c1-4-18-10-11(7-15-18)9-17-6-5-14-8-12(17)13(19)16(2)3/h7,10,12,14H,4-6,8-9H2,1-3H3. The quantitative estimate of drug-likeness (QED) is 0.817. The van der Waals surface area contributed by atoms with E-state index in [1.165, 1.54) is 5.56 Å². The number of amides is 1. The molecule has 0 saturated carbocycles. The van der Waals surface area contributed by atoms with Crippen molar-refractivity contribution in [2.24, 2.45) is 0 Å². The molecule has 1 fully saturated rings. The summed E-state index contributed by atoms with van der Waals surface area (Å²) in [6, 6.07) is -0.0753. The zero-order valence-corrected chi connectivity index (χ0v) is 12.0. The minimum absolute atomic E-state index is 0.0753. The predicted molar refractivity (Wildman–Crippen MR) is 73.7 cm³/mol. The van der Waals surface area contributed by atoms with Gasteiger partial charge in [-0.1, -0.05) is 0 Å². The van der Waals surface area contributed by atoms with E-state index >= 15 is 0 Å². The first-order valence-corrected chi connectivity index (χ1v) is 6.79. The normalized spacial score (nSPS) is 20.5. The molecule has 0 spiro atoms. The molecule has 0 aliphatic carbocycles. The number of nitrogens with one attached hydrogen (secondary N) is 1. The van der Waals surface area contributed by atoms with Gasteiger partial charge >= 0.3 is 0 Å². The van der Waals surface area contributed by atoms with Crippen molar-refractivity contribution >= 4 is 5.91 Å². The number of piperazine rings is 1. The summed E-state index contributed by atoms with van der Waals surface area (Å²) in [4.78, 5) is 16.1. The first-order chi connectivity index (χ1) is 9.11. The molecular weight excluding hydrogens is 242 g/mol. The van der Waals surface area contributed by atoms with Crippen LogP contribution in [0.4, 0.5) is 0 Å². The molecule has 1 aromatic heterocycles. The molecule has 0 bridgehead atoms. The molecule has 19 heavy (non-hydrogen) atoms. The number of carbonyl (C=O) groups is 1. The van der Waals surface area contributed by atoms with Gasteiger partial charge in [0, 0.05) is 58.6 Å². The van der Waals surface area contributed by atoms with Gasteiger partial charge in [0.2, 0.25) is 5.91 Å². The van der Waals surface area contributed by atoms with E-state index in [9.17, 15) is 4.79 Å². The van der Waals surface area contributed by atoms with E-state index in [0.717, 1.165) is 32.7 Å². The minimum Gasteiger partial charge on any atom is -0.347 e. The van der Waals surface area contributed by atoms with Gasteiger partial charge in [-0.05, 0) is 6.92 Å². The van der Waals surface area contributed by atoms with Gasteiger partial charge in [-0.3, -0.25) is 14.4 Å². The van der Waals surface area contributed by atoms with E-state index in [0.29, 0.717) is 0 Å². The molecule has 2 heterocycles. The molecule has 0 radical (unpaired) electrons. The summed E-state index contributed by atoms with van der Waals surface area (Å²) in [5.41, 5.74) is 1.17. The molecule has 6 heteroatoms. The molecule has 1 aromatic rings. The van der Waals surface area contributed by atoms with Crippen LogP contribution in [0, 0.1) is 0 Å². The van der Waals surface area contributed by atoms with Crippen LogP contribution in [-0.2, 0) is 17.9 Å². The van der Waals surface area contributed by atoms with Gasteiger partial charge in [0.25, 0.3) is 0 Å². The Labute approximate surface area is 114 Å². The monoisotopic (exact) mass is 265 g/mol. The van der Waals surface area contributed by atoms with Gasteiger partial charge in [-0.15, -0.1) is 0 Å². The highest BCUT2D eigenvalue weighted by molar-refractivity contribution is 5.81. The summed E-state index contributed by atoms with van der Waals surface area (Å²) in [5.74, 6) is 0.162. The summed E-state index contributed by atoms with van der Waals surface area (Å²) in [5, 5.41) is 7.58. The molecule has 1 amide bonds. The molecule has 1 saturated heterocycles. The molecule has 2 rings (SSSR count). The summed E-state index contributed by atoms with van der Waals surface area (Å²) in [6.07, 6.45) is 3.95. The summed E-state index contributed by atoms with van der Waals surface area (Å²) >= 11 is 0. The van der Waals surface area contributed by atoms with Crippen molar-refractivity contribution < 1.29 is 4.79 Å². The molecule has 0 aromatic carbocycles. The van der Waals surface area contributed by atoms with E-state index in [1.807, 2.05) is 25.0 Å². The highest BCUT2D eigenvalue weighted by Gasteiger charge is 2.29. The number of aromatic nitrogens is 2. The highest BCUT2D eigenvalue weighted by Crippen LogP contribution is 2.11. The van der Waals surface area contributed by atoms with E-state index < -0.39 is 0 Å². The maximum absolute atomic E-state index is 12.2. The average molecular weight is 265 g/mol. The average Bonchev–Trinajstić information content (AvgIpc) is 2.86. The third-order valence-electron chi connectivity index (χ3n) is 3.48. The van der Waals surface area contributed by atoms with Crippen molar-refractivity contribution in [3.8, 4) is 0 Å². The largest absolute Gasteiger partial charge is 0.347 e. The number of carbonyl (C=O) groups excluding carboxylic acids is 1. The van der Waals surface area contributed by atoms with Crippen LogP contribution in [0.15, 0.2) is 12.4 Å². The molecule has 1 aliphatic heterocycles. The van der Waals surface area contributed by atoms with Gasteiger partial charge in [-0.25, -0.2) is 0 Å². The van der Waals surface area contributed by atoms with Crippen molar-refractivity contribution in [2.75, 3.05) is 33.7 Å². The zero-order valence-electron chi connectivity index (χ0n) is 12.0. The highest BCUT2D eigenvalue weighted by atomic mass is 16.2. The Hall–Kier alpha value is -1.40. The van der Waals surface area contributed by atoms with Crippen LogP contribution in [0.3, 0.4) is 0 Å². The molecule has 106 valence electrons. The predicted octanol–water partition coefficient (Wildman–Crippen LogP) is -0.235. The molecule has 1 aliphatic rings. The topological polar surface area (TPSA) is 53.4 Å². The smallest absolute Gasteiger partial charge is 0.240 e. The van der Waals surface area contributed by atoms with Gasteiger partial charge in [0.1, 0.15) is 6.04 Å². The number of likely N-dealkylation sites (N-methyl/N-ethyl adjacent to an activating group) is 1. The lowest BCUT2D eigenvalue weighted by Crippen LogP contribution is -2.57. The lowest BCUT2D eigenvalue weighted by Gasteiger charge is -2.36. The van der Waals surface area contributed by atoms with Crippen LogP contribution in [0.1, 0.15) is 12.5 Å². The van der Waals surface area contributed by atoms with E-state index in [1.54, 1.807) is 4.90 Å². The Morgan fingerprint density at radius 1 is 1.58 bits per heavy atom. The summed E-state index contributed by atoms with van der Waals surface area (Å²) in [6.45, 7) is 6.27. The Bertz CT molecular complexity index is 428. The Balaban J connectivity index is 2.05. The molecule has 1 atom stereocenters. The maximum Gasteiger partial charge on any atom is 0.240 e. The second-order valence-electron chi connectivity index (χ2n) is 5.13. The second kappa shape index (κ2) is 6.16.